The lowest BCUT2D eigenvalue weighted by atomic mass is 10.2. The van der Waals surface area contributed by atoms with E-state index in [0.29, 0.717) is 15.1 Å². The molecule has 1 aromatic heterocycles. The SMILES string of the molecule is CN(CC(=O)Nc1nnc(-c2ccc(Cl)cc2)s1)S(=O)(=O)c1ccc(Cl)cc1. The van der Waals surface area contributed by atoms with E-state index in [0.717, 1.165) is 9.87 Å². The van der Waals surface area contributed by atoms with Gasteiger partial charge in [0.25, 0.3) is 0 Å². The van der Waals surface area contributed by atoms with Gasteiger partial charge >= 0.3 is 0 Å². The predicted octanol–water partition coefficient (Wildman–Crippen LogP) is 3.77. The normalized spacial score (nSPS) is 11.6. The van der Waals surface area contributed by atoms with Gasteiger partial charge in [0.2, 0.25) is 21.1 Å². The molecule has 3 aromatic rings. The highest BCUT2D eigenvalue weighted by Gasteiger charge is 2.23. The van der Waals surface area contributed by atoms with E-state index < -0.39 is 15.9 Å². The molecule has 1 amide bonds. The molecule has 0 fully saturated rings. The lowest BCUT2D eigenvalue weighted by molar-refractivity contribution is -0.116. The van der Waals surface area contributed by atoms with Crippen LogP contribution in [0.3, 0.4) is 0 Å². The molecule has 1 N–H and O–H groups in total. The van der Waals surface area contributed by atoms with Crippen LogP contribution >= 0.6 is 34.5 Å². The summed E-state index contributed by atoms with van der Waals surface area (Å²) < 4.78 is 26.0. The number of rotatable bonds is 6. The molecule has 0 atom stereocenters. The number of aromatic nitrogens is 2. The lowest BCUT2D eigenvalue weighted by Gasteiger charge is -2.16. The molecule has 0 spiro atoms. The molecule has 2 aromatic carbocycles. The van der Waals surface area contributed by atoms with Crippen LogP contribution in [0, 0.1) is 0 Å². The third-order valence-electron chi connectivity index (χ3n) is 3.65. The number of sulfonamides is 1. The van der Waals surface area contributed by atoms with E-state index in [1.165, 1.54) is 42.6 Å². The minimum absolute atomic E-state index is 0.0492. The first-order valence-corrected chi connectivity index (χ1v) is 10.9. The highest BCUT2D eigenvalue weighted by atomic mass is 35.5. The Bertz CT molecular complexity index is 1080. The number of carbonyl (C=O) groups excluding carboxylic acids is 1. The van der Waals surface area contributed by atoms with E-state index in [2.05, 4.69) is 15.5 Å². The van der Waals surface area contributed by atoms with Crippen LogP contribution in [-0.2, 0) is 14.8 Å². The van der Waals surface area contributed by atoms with Crippen molar-refractivity contribution in [1.29, 1.82) is 0 Å². The Morgan fingerprint density at radius 3 is 2.21 bits per heavy atom. The van der Waals surface area contributed by atoms with Gasteiger partial charge in [-0.05, 0) is 36.4 Å². The quantitative estimate of drug-likeness (QED) is 0.609. The molecule has 3 rings (SSSR count). The third kappa shape index (κ3) is 4.86. The van der Waals surface area contributed by atoms with Crippen LogP contribution < -0.4 is 5.32 Å². The van der Waals surface area contributed by atoms with E-state index in [4.69, 9.17) is 23.2 Å². The number of nitrogens with zero attached hydrogens (tertiary/aromatic N) is 3. The number of hydrogen-bond acceptors (Lipinski definition) is 6. The first-order chi connectivity index (χ1) is 13.3. The maximum atomic E-state index is 12.5. The summed E-state index contributed by atoms with van der Waals surface area (Å²) in [6, 6.07) is 12.8. The predicted molar refractivity (Wildman–Crippen MR) is 110 cm³/mol. The molecule has 7 nitrogen and oxygen atoms in total. The zero-order chi connectivity index (χ0) is 20.3. The van der Waals surface area contributed by atoms with Gasteiger partial charge in [-0.3, -0.25) is 10.1 Å². The van der Waals surface area contributed by atoms with Crippen molar-refractivity contribution in [3.8, 4) is 10.6 Å². The average Bonchev–Trinajstić information content (AvgIpc) is 3.10. The Hall–Kier alpha value is -2.04. The minimum Gasteiger partial charge on any atom is -0.299 e. The smallest absolute Gasteiger partial charge is 0.243 e. The molecule has 0 radical (unpaired) electrons. The van der Waals surface area contributed by atoms with E-state index in [1.54, 1.807) is 24.3 Å². The van der Waals surface area contributed by atoms with Crippen LogP contribution in [0.4, 0.5) is 5.13 Å². The summed E-state index contributed by atoms with van der Waals surface area (Å²) in [5, 5.41) is 12.4. The topological polar surface area (TPSA) is 92.3 Å². The van der Waals surface area contributed by atoms with Crippen molar-refractivity contribution >= 4 is 55.6 Å². The van der Waals surface area contributed by atoms with Gasteiger partial charge in [0.05, 0.1) is 11.4 Å². The Balaban J connectivity index is 1.65. The molecular weight excluding hydrogens is 443 g/mol. The van der Waals surface area contributed by atoms with Crippen molar-refractivity contribution < 1.29 is 13.2 Å². The van der Waals surface area contributed by atoms with Gasteiger partial charge in [-0.15, -0.1) is 10.2 Å². The molecule has 0 bridgehead atoms. The van der Waals surface area contributed by atoms with Gasteiger partial charge in [0.1, 0.15) is 5.01 Å². The second-order valence-electron chi connectivity index (χ2n) is 5.68. The van der Waals surface area contributed by atoms with Crippen molar-refractivity contribution in [1.82, 2.24) is 14.5 Å². The van der Waals surface area contributed by atoms with E-state index >= 15 is 0 Å². The Labute approximate surface area is 176 Å². The van der Waals surface area contributed by atoms with Crippen molar-refractivity contribution in [3.63, 3.8) is 0 Å². The van der Waals surface area contributed by atoms with Gasteiger partial charge in [-0.25, -0.2) is 8.42 Å². The van der Waals surface area contributed by atoms with Gasteiger partial charge in [-0.2, -0.15) is 4.31 Å². The van der Waals surface area contributed by atoms with Crippen LogP contribution in [-0.4, -0.2) is 42.4 Å². The monoisotopic (exact) mass is 456 g/mol. The van der Waals surface area contributed by atoms with Crippen LogP contribution in [0.5, 0.6) is 0 Å². The molecule has 146 valence electrons. The van der Waals surface area contributed by atoms with E-state index in [-0.39, 0.29) is 16.6 Å². The Morgan fingerprint density at radius 2 is 1.61 bits per heavy atom. The minimum atomic E-state index is -3.82. The summed E-state index contributed by atoms with van der Waals surface area (Å²) in [4.78, 5) is 12.3. The van der Waals surface area contributed by atoms with Crippen LogP contribution in [0.2, 0.25) is 10.0 Å². The molecule has 0 saturated heterocycles. The molecule has 11 heteroatoms. The molecule has 0 saturated carbocycles. The summed E-state index contributed by atoms with van der Waals surface area (Å²) in [6.07, 6.45) is 0. The largest absolute Gasteiger partial charge is 0.299 e. The van der Waals surface area contributed by atoms with E-state index in [1.807, 2.05) is 0 Å². The number of likely N-dealkylation sites (N-methyl/N-ethyl adjacent to an activating group) is 1. The second-order valence-corrected chi connectivity index (χ2v) is 9.58. The third-order valence-corrected chi connectivity index (χ3v) is 6.86. The summed E-state index contributed by atoms with van der Waals surface area (Å²) >= 11 is 12.8. The van der Waals surface area contributed by atoms with E-state index in [9.17, 15) is 13.2 Å². The van der Waals surface area contributed by atoms with Gasteiger partial charge in [0, 0.05) is 22.7 Å². The standard InChI is InChI=1S/C17H14Cl2N4O3S2/c1-23(28(25,26)14-8-6-13(19)7-9-14)10-15(24)20-17-22-21-16(27-17)11-2-4-12(18)5-3-11/h2-9H,10H2,1H3,(H,20,22,24). The number of benzene rings is 2. The fraction of sp³-hybridized carbons (Fsp3) is 0.118. The lowest BCUT2D eigenvalue weighted by Crippen LogP contribution is -2.34. The summed E-state index contributed by atoms with van der Waals surface area (Å²) in [5.74, 6) is -0.529. The number of carbonyl (C=O) groups is 1. The molecule has 0 unspecified atom stereocenters. The molecule has 28 heavy (non-hydrogen) atoms. The van der Waals surface area contributed by atoms with Gasteiger partial charge in [-0.1, -0.05) is 46.7 Å². The first kappa shape index (κ1) is 20.7. The van der Waals surface area contributed by atoms with Crippen LogP contribution in [0.25, 0.3) is 10.6 Å². The second kappa shape index (κ2) is 8.54. The number of amides is 1. The van der Waals surface area contributed by atoms with Crippen molar-refractivity contribution in [3.05, 3.63) is 58.6 Å². The van der Waals surface area contributed by atoms with Gasteiger partial charge < -0.3 is 0 Å². The fourth-order valence-electron chi connectivity index (χ4n) is 2.22. The highest BCUT2D eigenvalue weighted by Crippen LogP contribution is 2.27. The molecule has 1 heterocycles. The maximum Gasteiger partial charge on any atom is 0.243 e. The number of nitrogens with one attached hydrogen (secondary N) is 1. The van der Waals surface area contributed by atoms with Crippen molar-refractivity contribution in [2.45, 2.75) is 4.90 Å². The summed E-state index contributed by atoms with van der Waals surface area (Å²) in [5.41, 5.74) is 0.810. The number of halogens is 2. The first-order valence-electron chi connectivity index (χ1n) is 7.87. The van der Waals surface area contributed by atoms with Crippen LogP contribution in [0.1, 0.15) is 0 Å². The highest BCUT2D eigenvalue weighted by molar-refractivity contribution is 7.89. The number of hydrogen-bond donors (Lipinski definition) is 1. The zero-order valence-corrected chi connectivity index (χ0v) is 17.6. The Kier molecular flexibility index (Phi) is 6.31. The Morgan fingerprint density at radius 1 is 1.04 bits per heavy atom. The summed E-state index contributed by atoms with van der Waals surface area (Å²) in [6.45, 7) is -0.374. The molecular formula is C17H14Cl2N4O3S2. The number of anilines is 1. The zero-order valence-electron chi connectivity index (χ0n) is 14.5. The fourth-order valence-corrected chi connectivity index (χ4v) is 4.36. The summed E-state index contributed by atoms with van der Waals surface area (Å²) in [7, 11) is -2.49. The molecule has 0 aliphatic heterocycles. The van der Waals surface area contributed by atoms with Gasteiger partial charge in [0.15, 0.2) is 0 Å². The molecule has 0 aliphatic rings. The van der Waals surface area contributed by atoms with Crippen molar-refractivity contribution in [2.24, 2.45) is 0 Å². The van der Waals surface area contributed by atoms with Crippen LogP contribution in [0.15, 0.2) is 53.4 Å². The average molecular weight is 457 g/mol. The molecule has 0 aliphatic carbocycles. The van der Waals surface area contributed by atoms with Crippen molar-refractivity contribution in [2.75, 3.05) is 18.9 Å². The maximum absolute atomic E-state index is 12.5.